The highest BCUT2D eigenvalue weighted by Crippen LogP contribution is 2.23. The van der Waals surface area contributed by atoms with Crippen molar-refractivity contribution in [1.29, 1.82) is 0 Å². The highest BCUT2D eigenvalue weighted by molar-refractivity contribution is 8.06. The molecule has 1 amide bonds. The Morgan fingerprint density at radius 3 is 2.95 bits per heavy atom. The molecule has 2 N–H and O–H groups in total. The Kier molecular flexibility index (Phi) is 6.07. The molecule has 1 unspecified atom stereocenters. The van der Waals surface area contributed by atoms with Crippen LogP contribution in [0.3, 0.4) is 0 Å². The van der Waals surface area contributed by atoms with Gasteiger partial charge in [-0.2, -0.15) is 23.5 Å². The maximum Gasteiger partial charge on any atom is 0.221 e. The third-order valence-electron chi connectivity index (χ3n) is 2.90. The zero-order valence-corrected chi connectivity index (χ0v) is 12.8. The third-order valence-corrected chi connectivity index (χ3v) is 5.75. The fourth-order valence-corrected chi connectivity index (χ4v) is 4.65. The van der Waals surface area contributed by atoms with Crippen molar-refractivity contribution in [2.75, 3.05) is 29.1 Å². The maximum absolute atomic E-state index is 11.1. The van der Waals surface area contributed by atoms with Crippen molar-refractivity contribution in [2.24, 2.45) is 0 Å². The Balaban J connectivity index is 1.83. The summed E-state index contributed by atoms with van der Waals surface area (Å²) in [6.07, 6.45) is 0. The van der Waals surface area contributed by atoms with E-state index in [1.54, 1.807) is 6.92 Å². The van der Waals surface area contributed by atoms with E-state index in [9.17, 15) is 4.79 Å². The van der Waals surface area contributed by atoms with E-state index < -0.39 is 0 Å². The fourth-order valence-electron chi connectivity index (χ4n) is 2.01. The lowest BCUT2D eigenvalue weighted by molar-refractivity contribution is -0.114. The second-order valence-electron chi connectivity index (χ2n) is 4.54. The standard InChI is InChI=1S/C14H20N2OS2/c1-11(17)16-14-5-3-2-4-12(14)8-15-9-13-10-18-6-7-19-13/h2-5,13,15H,6-10H2,1H3,(H,16,17). The van der Waals surface area contributed by atoms with Crippen LogP contribution in [0.2, 0.25) is 0 Å². The predicted molar refractivity (Wildman–Crippen MR) is 86.0 cm³/mol. The van der Waals surface area contributed by atoms with Gasteiger partial charge in [0.2, 0.25) is 5.91 Å². The summed E-state index contributed by atoms with van der Waals surface area (Å²) in [5, 5.41) is 7.09. The number of thioether (sulfide) groups is 2. The molecule has 1 fully saturated rings. The maximum atomic E-state index is 11.1. The van der Waals surface area contributed by atoms with Gasteiger partial charge in [-0.1, -0.05) is 18.2 Å². The summed E-state index contributed by atoms with van der Waals surface area (Å²) >= 11 is 4.10. The molecule has 1 saturated heterocycles. The Morgan fingerprint density at radius 2 is 2.21 bits per heavy atom. The normalized spacial score (nSPS) is 19.1. The molecule has 0 saturated carbocycles. The first-order valence-corrected chi connectivity index (χ1v) is 8.71. The van der Waals surface area contributed by atoms with Crippen LogP contribution in [0, 0.1) is 0 Å². The number of carbonyl (C=O) groups excluding carboxylic acids is 1. The minimum atomic E-state index is -0.0216. The van der Waals surface area contributed by atoms with Crippen molar-refractivity contribution in [3.63, 3.8) is 0 Å². The first-order chi connectivity index (χ1) is 9.25. The van der Waals surface area contributed by atoms with Crippen LogP contribution < -0.4 is 10.6 Å². The van der Waals surface area contributed by atoms with Crippen molar-refractivity contribution in [3.8, 4) is 0 Å². The summed E-state index contributed by atoms with van der Waals surface area (Å²) in [5.41, 5.74) is 2.05. The second kappa shape index (κ2) is 7.82. The summed E-state index contributed by atoms with van der Waals surface area (Å²) in [5.74, 6) is 3.77. The van der Waals surface area contributed by atoms with E-state index in [4.69, 9.17) is 0 Å². The monoisotopic (exact) mass is 296 g/mol. The Labute approximate surface area is 123 Å². The van der Waals surface area contributed by atoms with Gasteiger partial charge < -0.3 is 10.6 Å². The topological polar surface area (TPSA) is 41.1 Å². The van der Waals surface area contributed by atoms with Crippen LogP contribution in [-0.4, -0.2) is 35.0 Å². The molecule has 1 heterocycles. The number of para-hydroxylation sites is 1. The quantitative estimate of drug-likeness (QED) is 0.876. The molecule has 0 spiro atoms. The minimum Gasteiger partial charge on any atom is -0.326 e. The summed E-state index contributed by atoms with van der Waals surface area (Å²) in [6, 6.07) is 7.96. The molecule has 1 aromatic carbocycles. The average Bonchev–Trinajstić information content (AvgIpc) is 2.41. The summed E-state index contributed by atoms with van der Waals surface area (Å²) in [4.78, 5) is 11.1. The van der Waals surface area contributed by atoms with Crippen molar-refractivity contribution in [2.45, 2.75) is 18.7 Å². The van der Waals surface area contributed by atoms with E-state index in [1.165, 1.54) is 17.3 Å². The molecule has 2 rings (SSSR count). The summed E-state index contributed by atoms with van der Waals surface area (Å²) in [6.45, 7) is 3.38. The first kappa shape index (κ1) is 14.8. The predicted octanol–water partition coefficient (Wildman–Crippen LogP) is 2.58. The molecule has 5 heteroatoms. The van der Waals surface area contributed by atoms with E-state index in [0.29, 0.717) is 5.25 Å². The molecule has 1 aromatic rings. The van der Waals surface area contributed by atoms with Gasteiger partial charge in [0.05, 0.1) is 0 Å². The minimum absolute atomic E-state index is 0.0216. The van der Waals surface area contributed by atoms with Crippen LogP contribution in [0.15, 0.2) is 24.3 Å². The van der Waals surface area contributed by atoms with Crippen molar-refractivity contribution in [3.05, 3.63) is 29.8 Å². The van der Waals surface area contributed by atoms with Gasteiger partial charge in [-0.05, 0) is 11.6 Å². The average molecular weight is 296 g/mol. The zero-order chi connectivity index (χ0) is 13.5. The smallest absolute Gasteiger partial charge is 0.221 e. The molecule has 3 nitrogen and oxygen atoms in total. The summed E-state index contributed by atoms with van der Waals surface area (Å²) in [7, 11) is 0. The first-order valence-electron chi connectivity index (χ1n) is 6.51. The Hall–Kier alpha value is -0.650. The Bertz CT molecular complexity index is 420. The van der Waals surface area contributed by atoms with Gasteiger partial charge in [0.25, 0.3) is 0 Å². The molecular weight excluding hydrogens is 276 g/mol. The number of hydrogen-bond acceptors (Lipinski definition) is 4. The van der Waals surface area contributed by atoms with Gasteiger partial charge in [-0.25, -0.2) is 0 Å². The molecule has 1 aliphatic heterocycles. The zero-order valence-electron chi connectivity index (χ0n) is 11.1. The van der Waals surface area contributed by atoms with E-state index in [1.807, 2.05) is 30.0 Å². The van der Waals surface area contributed by atoms with Crippen molar-refractivity contribution < 1.29 is 4.79 Å². The molecule has 0 bridgehead atoms. The highest BCUT2D eigenvalue weighted by atomic mass is 32.2. The molecule has 1 atom stereocenters. The van der Waals surface area contributed by atoms with Gasteiger partial charge >= 0.3 is 0 Å². The highest BCUT2D eigenvalue weighted by Gasteiger charge is 2.13. The Morgan fingerprint density at radius 1 is 1.37 bits per heavy atom. The fraction of sp³-hybridized carbons (Fsp3) is 0.500. The van der Waals surface area contributed by atoms with Gasteiger partial charge in [-0.3, -0.25) is 4.79 Å². The molecule has 0 aliphatic carbocycles. The lowest BCUT2D eigenvalue weighted by Gasteiger charge is -2.21. The van der Waals surface area contributed by atoms with Gasteiger partial charge in [0.1, 0.15) is 0 Å². The lowest BCUT2D eigenvalue weighted by Crippen LogP contribution is -2.28. The van der Waals surface area contributed by atoms with E-state index in [2.05, 4.69) is 28.5 Å². The number of amides is 1. The second-order valence-corrected chi connectivity index (χ2v) is 7.10. The van der Waals surface area contributed by atoms with E-state index in [0.717, 1.165) is 24.3 Å². The SMILES string of the molecule is CC(=O)Nc1ccccc1CNCC1CSCCS1. The molecule has 19 heavy (non-hydrogen) atoms. The third kappa shape index (κ3) is 5.09. The number of anilines is 1. The van der Waals surface area contributed by atoms with Crippen molar-refractivity contribution in [1.82, 2.24) is 5.32 Å². The van der Waals surface area contributed by atoms with Crippen LogP contribution in [-0.2, 0) is 11.3 Å². The van der Waals surface area contributed by atoms with Gasteiger partial charge in [0.15, 0.2) is 0 Å². The van der Waals surface area contributed by atoms with E-state index in [-0.39, 0.29) is 5.91 Å². The number of rotatable bonds is 5. The number of benzene rings is 1. The molecule has 0 aromatic heterocycles. The van der Waals surface area contributed by atoms with Crippen LogP contribution >= 0.6 is 23.5 Å². The van der Waals surface area contributed by atoms with Gasteiger partial charge in [0, 0.05) is 48.2 Å². The van der Waals surface area contributed by atoms with Crippen LogP contribution in [0.1, 0.15) is 12.5 Å². The molecule has 0 radical (unpaired) electrons. The molecular formula is C14H20N2OS2. The molecule has 104 valence electrons. The van der Waals surface area contributed by atoms with Crippen LogP contribution in [0.4, 0.5) is 5.69 Å². The van der Waals surface area contributed by atoms with E-state index >= 15 is 0 Å². The number of carbonyl (C=O) groups is 1. The van der Waals surface area contributed by atoms with Gasteiger partial charge in [-0.15, -0.1) is 0 Å². The van der Waals surface area contributed by atoms with Crippen LogP contribution in [0.5, 0.6) is 0 Å². The largest absolute Gasteiger partial charge is 0.326 e. The summed E-state index contributed by atoms with van der Waals surface area (Å²) < 4.78 is 0. The van der Waals surface area contributed by atoms with Crippen LogP contribution in [0.25, 0.3) is 0 Å². The molecule has 1 aliphatic rings. The number of hydrogen-bond donors (Lipinski definition) is 2. The van der Waals surface area contributed by atoms with Crippen molar-refractivity contribution >= 4 is 35.1 Å². The number of nitrogens with one attached hydrogen (secondary N) is 2. The lowest BCUT2D eigenvalue weighted by atomic mass is 10.1.